The smallest absolute Gasteiger partial charge is 0.0622 e. The van der Waals surface area contributed by atoms with Crippen LogP contribution in [0.25, 0.3) is 77.2 Å². The molecule has 10 aromatic carbocycles. The zero-order valence-corrected chi connectivity index (χ0v) is 31.6. The zero-order chi connectivity index (χ0) is 37.7. The number of hydrogen-bond acceptors (Lipinski definition) is 0. The Kier molecular flexibility index (Phi) is 5.73. The summed E-state index contributed by atoms with van der Waals surface area (Å²) in [7, 11) is 0. The molecule has 10 aromatic rings. The summed E-state index contributed by atoms with van der Waals surface area (Å²) >= 11 is 0. The van der Waals surface area contributed by atoms with E-state index in [1.165, 1.54) is 122 Å². The second-order valence-electron chi connectivity index (χ2n) is 16.6. The summed E-state index contributed by atoms with van der Waals surface area (Å²) in [5.74, 6) is 0. The Morgan fingerprint density at radius 3 is 0.914 bits per heavy atom. The van der Waals surface area contributed by atoms with Crippen LogP contribution in [0.15, 0.2) is 206 Å². The van der Waals surface area contributed by atoms with Crippen LogP contribution >= 0.6 is 0 Å². The number of benzene rings is 10. The maximum atomic E-state index is 2.56. The monoisotopic (exact) mass is 730 g/mol. The highest BCUT2D eigenvalue weighted by molar-refractivity contribution is 6.19. The predicted molar refractivity (Wildman–Crippen MR) is 239 cm³/mol. The van der Waals surface area contributed by atoms with Gasteiger partial charge in [-0.25, -0.2) is 0 Å². The van der Waals surface area contributed by atoms with Gasteiger partial charge in [0, 0.05) is 0 Å². The van der Waals surface area contributed by atoms with E-state index in [0.717, 1.165) is 0 Å². The topological polar surface area (TPSA) is 0 Å². The summed E-state index contributed by atoms with van der Waals surface area (Å²) in [6.45, 7) is 0. The molecule has 4 aliphatic carbocycles. The molecular weight excluding hydrogens is 697 g/mol. The molecule has 0 aromatic heterocycles. The van der Waals surface area contributed by atoms with Crippen molar-refractivity contribution < 1.29 is 0 Å². The third-order valence-electron chi connectivity index (χ3n) is 14.2. The standard InChI is InChI=1S/C58H34/c1-3-15-35(16-4-1)39-31-37-27-29-50-55-53(37)51(33-39)57(45-23-11-7-19-41(45)42-20-8-12-24-46(42)57)49-30-28-38-32-40(36-17-5-2-6-18-36)34-52(54(38)56(49)55)58(50)47-25-13-9-21-43(47)44-22-10-14-26-48(44)58/h1-34H. The van der Waals surface area contributed by atoms with E-state index in [1.54, 1.807) is 0 Å². The minimum absolute atomic E-state index is 0.517. The molecule has 0 saturated heterocycles. The Morgan fingerprint density at radius 1 is 0.224 bits per heavy atom. The van der Waals surface area contributed by atoms with Crippen molar-refractivity contribution in [3.8, 4) is 55.6 Å². The van der Waals surface area contributed by atoms with Crippen molar-refractivity contribution >= 4 is 21.5 Å². The zero-order valence-electron chi connectivity index (χ0n) is 31.6. The lowest BCUT2D eigenvalue weighted by Crippen LogP contribution is -2.37. The predicted octanol–water partition coefficient (Wildman–Crippen LogP) is 14.3. The molecule has 0 bridgehead atoms. The fourth-order valence-electron chi connectivity index (χ4n) is 12.2. The van der Waals surface area contributed by atoms with Crippen LogP contribution < -0.4 is 0 Å². The van der Waals surface area contributed by atoms with Gasteiger partial charge in [-0.3, -0.25) is 0 Å². The highest BCUT2D eigenvalue weighted by atomic mass is 14.6. The number of hydrogen-bond donors (Lipinski definition) is 0. The van der Waals surface area contributed by atoms with E-state index in [0.29, 0.717) is 0 Å². The molecule has 58 heavy (non-hydrogen) atoms. The molecule has 0 atom stereocenters. The van der Waals surface area contributed by atoms with Gasteiger partial charge in [0.05, 0.1) is 10.8 Å². The van der Waals surface area contributed by atoms with E-state index in [1.807, 2.05) is 0 Å². The minimum Gasteiger partial charge on any atom is -0.0622 e. The van der Waals surface area contributed by atoms with Crippen molar-refractivity contribution in [1.82, 2.24) is 0 Å². The first kappa shape index (κ1) is 30.9. The highest BCUT2D eigenvalue weighted by Gasteiger charge is 2.56. The normalized spacial score (nSPS) is 14.8. The van der Waals surface area contributed by atoms with E-state index in [4.69, 9.17) is 0 Å². The van der Waals surface area contributed by atoms with Crippen molar-refractivity contribution in [1.29, 1.82) is 0 Å². The molecule has 0 heteroatoms. The van der Waals surface area contributed by atoms with Crippen molar-refractivity contribution in [2.75, 3.05) is 0 Å². The van der Waals surface area contributed by atoms with E-state index >= 15 is 0 Å². The molecule has 4 aliphatic rings. The molecule has 0 nitrogen and oxygen atoms in total. The first-order chi connectivity index (χ1) is 28.8. The highest BCUT2D eigenvalue weighted by Crippen LogP contribution is 2.69. The van der Waals surface area contributed by atoms with Crippen LogP contribution in [0.3, 0.4) is 0 Å². The summed E-state index contributed by atoms with van der Waals surface area (Å²) in [6.07, 6.45) is 0. The van der Waals surface area contributed by atoms with E-state index in [-0.39, 0.29) is 0 Å². The molecule has 0 heterocycles. The molecule has 0 aliphatic heterocycles. The molecule has 0 saturated carbocycles. The molecule has 0 fully saturated rings. The van der Waals surface area contributed by atoms with Gasteiger partial charge in [-0.15, -0.1) is 0 Å². The molecule has 14 rings (SSSR count). The van der Waals surface area contributed by atoms with Gasteiger partial charge in [-0.1, -0.05) is 182 Å². The van der Waals surface area contributed by atoms with Gasteiger partial charge in [-0.05, 0) is 146 Å². The SMILES string of the molecule is c1ccc(-c2cc3c4c5c(ccc4c2)C2(c4ccccc4-c4ccccc42)c2cc(-c4ccccc4)cc4ccc(c-5c24)C32c3ccccc3-c3ccccc32)cc1. The van der Waals surface area contributed by atoms with Gasteiger partial charge in [0.15, 0.2) is 0 Å². The molecule has 2 spiro atoms. The van der Waals surface area contributed by atoms with Crippen molar-refractivity contribution in [2.45, 2.75) is 10.8 Å². The summed E-state index contributed by atoms with van der Waals surface area (Å²) in [4.78, 5) is 0. The average molecular weight is 731 g/mol. The van der Waals surface area contributed by atoms with Gasteiger partial charge in [0.25, 0.3) is 0 Å². The van der Waals surface area contributed by atoms with Crippen molar-refractivity contribution in [3.05, 3.63) is 251 Å². The Labute approximate surface area is 337 Å². The average Bonchev–Trinajstić information content (AvgIpc) is 3.76. The van der Waals surface area contributed by atoms with Crippen molar-refractivity contribution in [3.63, 3.8) is 0 Å². The second kappa shape index (κ2) is 10.8. The molecule has 0 N–H and O–H groups in total. The minimum atomic E-state index is -0.517. The Balaban J connectivity index is 1.26. The van der Waals surface area contributed by atoms with Crippen LogP contribution in [0.4, 0.5) is 0 Å². The van der Waals surface area contributed by atoms with Crippen molar-refractivity contribution in [2.24, 2.45) is 0 Å². The maximum absolute atomic E-state index is 2.56. The van der Waals surface area contributed by atoms with Crippen LogP contribution in [-0.4, -0.2) is 0 Å². The van der Waals surface area contributed by atoms with E-state index in [2.05, 4.69) is 206 Å². The van der Waals surface area contributed by atoms with Gasteiger partial charge in [0.2, 0.25) is 0 Å². The molecule has 0 amide bonds. The van der Waals surface area contributed by atoms with E-state index in [9.17, 15) is 0 Å². The third-order valence-corrected chi connectivity index (χ3v) is 14.2. The molecule has 0 radical (unpaired) electrons. The largest absolute Gasteiger partial charge is 0.0726 e. The van der Waals surface area contributed by atoms with E-state index < -0.39 is 10.8 Å². The van der Waals surface area contributed by atoms with Gasteiger partial charge >= 0.3 is 0 Å². The Bertz CT molecular complexity index is 3120. The Morgan fingerprint density at radius 2 is 0.552 bits per heavy atom. The molecule has 266 valence electrons. The lowest BCUT2D eigenvalue weighted by atomic mass is 9.54. The first-order valence-electron chi connectivity index (χ1n) is 20.5. The fourth-order valence-corrected chi connectivity index (χ4v) is 12.2. The molecular formula is C58H34. The quantitative estimate of drug-likeness (QED) is 0.166. The summed E-state index contributed by atoms with van der Waals surface area (Å²) < 4.78 is 0. The van der Waals surface area contributed by atoms with Crippen LogP contribution in [0, 0.1) is 0 Å². The summed E-state index contributed by atoms with van der Waals surface area (Å²) in [5.41, 5.74) is 23.0. The maximum Gasteiger partial charge on any atom is 0.0726 e. The first-order valence-corrected chi connectivity index (χ1v) is 20.5. The summed E-state index contributed by atoms with van der Waals surface area (Å²) in [6, 6.07) is 78.8. The number of rotatable bonds is 2. The van der Waals surface area contributed by atoms with Gasteiger partial charge < -0.3 is 0 Å². The molecule has 0 unspecified atom stereocenters. The van der Waals surface area contributed by atoms with Gasteiger partial charge in [0.1, 0.15) is 0 Å². The third kappa shape index (κ3) is 3.47. The summed E-state index contributed by atoms with van der Waals surface area (Å²) in [5, 5.41) is 5.33. The van der Waals surface area contributed by atoms with Crippen LogP contribution in [0.5, 0.6) is 0 Å². The second-order valence-corrected chi connectivity index (χ2v) is 16.6. The lowest BCUT2D eigenvalue weighted by molar-refractivity contribution is 0.751. The Hall–Kier alpha value is -7.28. The van der Waals surface area contributed by atoms with Gasteiger partial charge in [-0.2, -0.15) is 0 Å². The van der Waals surface area contributed by atoms with Crippen LogP contribution in [0.1, 0.15) is 44.5 Å². The number of fused-ring (bicyclic) bond motifs is 14. The lowest BCUT2D eigenvalue weighted by Gasteiger charge is -2.47. The van der Waals surface area contributed by atoms with Crippen LogP contribution in [0.2, 0.25) is 0 Å². The fraction of sp³-hybridized carbons (Fsp3) is 0.0345. The van der Waals surface area contributed by atoms with Crippen LogP contribution in [-0.2, 0) is 10.8 Å².